The van der Waals surface area contributed by atoms with E-state index in [2.05, 4.69) is 25.3 Å². The minimum atomic E-state index is -0.363. The van der Waals surface area contributed by atoms with Crippen LogP contribution in [0.1, 0.15) is 35.6 Å². The molecule has 1 aliphatic heterocycles. The molecular weight excluding hydrogens is 308 g/mol. The maximum absolute atomic E-state index is 12.1. The van der Waals surface area contributed by atoms with E-state index < -0.39 is 0 Å². The fourth-order valence-corrected chi connectivity index (χ4v) is 2.65. The smallest absolute Gasteiger partial charge is 0.272 e. The zero-order valence-corrected chi connectivity index (χ0v) is 13.6. The van der Waals surface area contributed by atoms with Gasteiger partial charge in [-0.15, -0.1) is 0 Å². The molecule has 1 amide bonds. The molecule has 1 aliphatic rings. The molecule has 0 bridgehead atoms. The van der Waals surface area contributed by atoms with Crippen LogP contribution in [-0.4, -0.2) is 38.7 Å². The quantitative estimate of drug-likeness (QED) is 0.878. The number of carbonyl (C=O) groups is 1. The molecule has 1 fully saturated rings. The summed E-state index contributed by atoms with van der Waals surface area (Å²) in [5.74, 6) is 1.09. The molecule has 0 aromatic carbocycles. The average Bonchev–Trinajstić information content (AvgIpc) is 2.63. The SMILES string of the molecule is Cn1nc(C(=O)NCc2nccc(N3CCCCC3)n2)ccc1=O. The maximum atomic E-state index is 12.1. The first-order valence-corrected chi connectivity index (χ1v) is 8.03. The Kier molecular flexibility index (Phi) is 4.83. The molecular formula is C16H20N6O2. The second-order valence-electron chi connectivity index (χ2n) is 5.74. The van der Waals surface area contributed by atoms with Crippen molar-refractivity contribution in [3.63, 3.8) is 0 Å². The van der Waals surface area contributed by atoms with E-state index in [1.807, 2.05) is 6.07 Å². The Labute approximate surface area is 139 Å². The number of aromatic nitrogens is 4. The van der Waals surface area contributed by atoms with Crippen LogP contribution < -0.4 is 15.8 Å². The Morgan fingerprint density at radius 3 is 2.75 bits per heavy atom. The van der Waals surface area contributed by atoms with Crippen LogP contribution >= 0.6 is 0 Å². The Morgan fingerprint density at radius 1 is 1.21 bits per heavy atom. The highest BCUT2D eigenvalue weighted by Crippen LogP contribution is 2.16. The molecule has 126 valence electrons. The molecule has 0 radical (unpaired) electrons. The number of nitrogens with zero attached hydrogens (tertiary/aromatic N) is 5. The number of anilines is 1. The van der Waals surface area contributed by atoms with E-state index in [0.717, 1.165) is 23.6 Å². The molecule has 8 nitrogen and oxygen atoms in total. The van der Waals surface area contributed by atoms with Crippen molar-refractivity contribution in [3.8, 4) is 0 Å². The first-order chi connectivity index (χ1) is 11.6. The lowest BCUT2D eigenvalue weighted by Gasteiger charge is -2.27. The number of nitrogens with one attached hydrogen (secondary N) is 1. The third kappa shape index (κ3) is 3.76. The fourth-order valence-electron chi connectivity index (χ4n) is 2.65. The summed E-state index contributed by atoms with van der Waals surface area (Å²) < 4.78 is 1.13. The van der Waals surface area contributed by atoms with Gasteiger partial charge in [0.25, 0.3) is 11.5 Å². The molecule has 0 spiro atoms. The van der Waals surface area contributed by atoms with Gasteiger partial charge < -0.3 is 10.2 Å². The Morgan fingerprint density at radius 2 is 2.00 bits per heavy atom. The van der Waals surface area contributed by atoms with Crippen molar-refractivity contribution in [1.82, 2.24) is 25.1 Å². The third-order valence-electron chi connectivity index (χ3n) is 3.97. The highest BCUT2D eigenvalue weighted by molar-refractivity contribution is 5.91. The summed E-state index contributed by atoms with van der Waals surface area (Å²) in [6.07, 6.45) is 5.32. The number of amides is 1. The first-order valence-electron chi connectivity index (χ1n) is 8.03. The van der Waals surface area contributed by atoms with Crippen molar-refractivity contribution in [3.05, 3.63) is 46.3 Å². The lowest BCUT2D eigenvalue weighted by atomic mass is 10.1. The topological polar surface area (TPSA) is 93.0 Å². The molecule has 1 saturated heterocycles. The number of hydrogen-bond donors (Lipinski definition) is 1. The van der Waals surface area contributed by atoms with Crippen LogP contribution in [0.4, 0.5) is 5.82 Å². The normalized spacial score (nSPS) is 14.5. The van der Waals surface area contributed by atoms with E-state index in [4.69, 9.17) is 0 Å². The van der Waals surface area contributed by atoms with E-state index in [1.54, 1.807) is 6.20 Å². The maximum Gasteiger partial charge on any atom is 0.272 e. The Hall–Kier alpha value is -2.77. The van der Waals surface area contributed by atoms with Gasteiger partial charge in [-0.25, -0.2) is 14.6 Å². The van der Waals surface area contributed by atoms with Crippen LogP contribution in [0.2, 0.25) is 0 Å². The van der Waals surface area contributed by atoms with Gasteiger partial charge in [0.15, 0.2) is 0 Å². The van der Waals surface area contributed by atoms with Gasteiger partial charge in [-0.3, -0.25) is 9.59 Å². The molecule has 3 rings (SSSR count). The van der Waals surface area contributed by atoms with Crippen LogP contribution in [0.5, 0.6) is 0 Å². The van der Waals surface area contributed by atoms with Crippen LogP contribution in [0.25, 0.3) is 0 Å². The van der Waals surface area contributed by atoms with Crippen molar-refractivity contribution in [2.24, 2.45) is 7.05 Å². The van der Waals surface area contributed by atoms with E-state index in [9.17, 15) is 9.59 Å². The summed E-state index contributed by atoms with van der Waals surface area (Å²) in [4.78, 5) is 34.4. The number of hydrogen-bond acceptors (Lipinski definition) is 6. The molecule has 2 aromatic heterocycles. The summed E-state index contributed by atoms with van der Waals surface area (Å²) in [6.45, 7) is 2.22. The highest BCUT2D eigenvalue weighted by Gasteiger charge is 2.13. The van der Waals surface area contributed by atoms with Crippen molar-refractivity contribution in [1.29, 1.82) is 0 Å². The number of aryl methyl sites for hydroxylation is 1. The van der Waals surface area contributed by atoms with Gasteiger partial charge in [-0.05, 0) is 31.4 Å². The van der Waals surface area contributed by atoms with Gasteiger partial charge in [-0.2, -0.15) is 5.10 Å². The van der Waals surface area contributed by atoms with Gasteiger partial charge in [0.05, 0.1) is 6.54 Å². The predicted octanol–water partition coefficient (Wildman–Crippen LogP) is 0.491. The van der Waals surface area contributed by atoms with Gasteiger partial charge in [0, 0.05) is 32.4 Å². The summed E-state index contributed by atoms with van der Waals surface area (Å²) in [5, 5.41) is 6.65. The lowest BCUT2D eigenvalue weighted by molar-refractivity contribution is 0.0942. The molecule has 3 heterocycles. The molecule has 1 N–H and O–H groups in total. The van der Waals surface area contributed by atoms with E-state index >= 15 is 0 Å². The number of rotatable bonds is 4. The van der Waals surface area contributed by atoms with E-state index in [0.29, 0.717) is 5.82 Å². The lowest BCUT2D eigenvalue weighted by Crippen LogP contribution is -2.31. The summed E-state index contributed by atoms with van der Waals surface area (Å²) in [7, 11) is 1.50. The third-order valence-corrected chi connectivity index (χ3v) is 3.97. The molecule has 0 aliphatic carbocycles. The minimum Gasteiger partial charge on any atom is -0.357 e. The van der Waals surface area contributed by atoms with Crippen LogP contribution in [0.3, 0.4) is 0 Å². The van der Waals surface area contributed by atoms with Gasteiger partial charge in [0.1, 0.15) is 17.3 Å². The second kappa shape index (κ2) is 7.20. The van der Waals surface area contributed by atoms with Crippen molar-refractivity contribution in [2.75, 3.05) is 18.0 Å². The van der Waals surface area contributed by atoms with Crippen molar-refractivity contribution >= 4 is 11.7 Å². The second-order valence-corrected chi connectivity index (χ2v) is 5.74. The standard InChI is InChI=1S/C16H20N6O2/c1-21-15(23)6-5-12(20-21)16(24)18-11-13-17-8-7-14(19-13)22-9-3-2-4-10-22/h5-8H,2-4,9-11H2,1H3,(H,18,24). The molecule has 0 saturated carbocycles. The van der Waals surface area contributed by atoms with Gasteiger partial charge in [-0.1, -0.05) is 0 Å². The van der Waals surface area contributed by atoms with Crippen LogP contribution in [-0.2, 0) is 13.6 Å². The Bertz CT molecular complexity index is 782. The van der Waals surface area contributed by atoms with Gasteiger partial charge in [0.2, 0.25) is 0 Å². The van der Waals surface area contributed by atoms with Gasteiger partial charge >= 0.3 is 0 Å². The summed E-state index contributed by atoms with van der Waals surface area (Å²) in [6, 6.07) is 4.61. The predicted molar refractivity (Wildman–Crippen MR) is 88.7 cm³/mol. The summed E-state index contributed by atoms with van der Waals surface area (Å²) >= 11 is 0. The van der Waals surface area contributed by atoms with Crippen LogP contribution in [0.15, 0.2) is 29.2 Å². The van der Waals surface area contributed by atoms with Crippen molar-refractivity contribution in [2.45, 2.75) is 25.8 Å². The molecule has 0 unspecified atom stereocenters. The largest absolute Gasteiger partial charge is 0.357 e. The zero-order chi connectivity index (χ0) is 16.9. The van der Waals surface area contributed by atoms with E-state index in [-0.39, 0.29) is 23.7 Å². The summed E-state index contributed by atoms with van der Waals surface area (Å²) in [5.41, 5.74) is -0.0756. The molecule has 0 atom stereocenters. The zero-order valence-electron chi connectivity index (χ0n) is 13.6. The average molecular weight is 328 g/mol. The first kappa shape index (κ1) is 16.1. The van der Waals surface area contributed by atoms with Crippen LogP contribution in [0, 0.1) is 0 Å². The number of piperidine rings is 1. The molecule has 24 heavy (non-hydrogen) atoms. The van der Waals surface area contributed by atoms with E-state index in [1.165, 1.54) is 38.4 Å². The molecule has 8 heteroatoms. The van der Waals surface area contributed by atoms with Crippen molar-refractivity contribution < 1.29 is 4.79 Å². The highest BCUT2D eigenvalue weighted by atomic mass is 16.2. The molecule has 2 aromatic rings. The number of carbonyl (C=O) groups excluding carboxylic acids is 1. The fraction of sp³-hybridized carbons (Fsp3) is 0.438. The Balaban J connectivity index is 1.64. The monoisotopic (exact) mass is 328 g/mol. The minimum absolute atomic E-state index is 0.185.